The summed E-state index contributed by atoms with van der Waals surface area (Å²) in [7, 11) is 0. The second-order valence-corrected chi connectivity index (χ2v) is 8.01. The third-order valence-electron chi connectivity index (χ3n) is 5.60. The van der Waals surface area contributed by atoms with E-state index in [4.69, 9.17) is 9.47 Å². The third-order valence-corrected chi connectivity index (χ3v) is 5.60. The average molecular weight is 402 g/mol. The number of aryl methyl sites for hydroxylation is 1. The minimum atomic E-state index is -0.914. The van der Waals surface area contributed by atoms with E-state index >= 15 is 0 Å². The second kappa shape index (κ2) is 8.23. The van der Waals surface area contributed by atoms with Crippen LogP contribution in [0.5, 0.6) is 11.5 Å². The summed E-state index contributed by atoms with van der Waals surface area (Å²) < 4.78 is 12.0. The molecule has 154 valence electrons. The molecule has 0 aliphatic carbocycles. The van der Waals surface area contributed by atoms with E-state index in [1.807, 2.05) is 37.3 Å². The Hall–Kier alpha value is -3.27. The van der Waals surface area contributed by atoms with Gasteiger partial charge in [0.05, 0.1) is 12.2 Å². The maximum absolute atomic E-state index is 11.3. The molecule has 0 aromatic heterocycles. The number of hydrogen-bond donors (Lipinski definition) is 1. The average Bonchev–Trinajstić information content (AvgIpc) is 2.75. The van der Waals surface area contributed by atoms with Crippen molar-refractivity contribution >= 4 is 5.97 Å². The van der Waals surface area contributed by atoms with Crippen molar-refractivity contribution in [3.63, 3.8) is 0 Å². The van der Waals surface area contributed by atoms with Gasteiger partial charge in [0.1, 0.15) is 17.1 Å². The van der Waals surface area contributed by atoms with Gasteiger partial charge >= 0.3 is 5.97 Å². The van der Waals surface area contributed by atoms with Crippen LogP contribution in [-0.2, 0) is 12.8 Å². The number of hydrogen-bond acceptors (Lipinski definition) is 3. The van der Waals surface area contributed by atoms with E-state index in [0.29, 0.717) is 12.2 Å². The lowest BCUT2D eigenvalue weighted by molar-refractivity contribution is 0.0653. The summed E-state index contributed by atoms with van der Waals surface area (Å²) in [4.78, 5) is 11.3. The molecule has 0 amide bonds. The molecule has 0 spiro atoms. The van der Waals surface area contributed by atoms with Crippen LogP contribution < -0.4 is 9.47 Å². The van der Waals surface area contributed by atoms with Crippen LogP contribution in [0.25, 0.3) is 11.1 Å². The lowest BCUT2D eigenvalue weighted by atomic mass is 9.86. The van der Waals surface area contributed by atoms with Gasteiger partial charge in [0, 0.05) is 6.42 Å². The number of aromatic carboxylic acids is 1. The van der Waals surface area contributed by atoms with E-state index in [2.05, 4.69) is 25.1 Å². The number of fused-ring (bicyclic) bond motifs is 1. The summed E-state index contributed by atoms with van der Waals surface area (Å²) >= 11 is 0. The minimum Gasteiger partial charge on any atom is -0.494 e. The largest absolute Gasteiger partial charge is 0.494 e. The summed E-state index contributed by atoms with van der Waals surface area (Å²) in [5.74, 6) is 0.886. The highest BCUT2D eigenvalue weighted by atomic mass is 16.5. The molecule has 4 rings (SSSR count). The Balaban J connectivity index is 1.51. The van der Waals surface area contributed by atoms with Crippen molar-refractivity contribution in [1.82, 2.24) is 0 Å². The third kappa shape index (κ3) is 4.33. The molecule has 0 fully saturated rings. The molecule has 0 bridgehead atoms. The first-order valence-electron chi connectivity index (χ1n) is 10.3. The number of ether oxygens (including phenoxy) is 2. The molecule has 0 unspecified atom stereocenters. The van der Waals surface area contributed by atoms with Gasteiger partial charge in [-0.05, 0) is 85.3 Å². The highest BCUT2D eigenvalue weighted by Gasteiger charge is 2.32. The molecule has 0 saturated carbocycles. The Morgan fingerprint density at radius 3 is 2.57 bits per heavy atom. The van der Waals surface area contributed by atoms with Crippen molar-refractivity contribution in [2.75, 3.05) is 6.61 Å². The van der Waals surface area contributed by atoms with Crippen molar-refractivity contribution in [1.29, 1.82) is 0 Å². The molecular weight excluding hydrogens is 376 g/mol. The molecule has 4 heteroatoms. The fraction of sp³-hybridized carbons (Fsp3) is 0.269. The van der Waals surface area contributed by atoms with Gasteiger partial charge in [-0.15, -0.1) is 0 Å². The monoisotopic (exact) mass is 402 g/mol. The number of benzene rings is 3. The van der Waals surface area contributed by atoms with E-state index in [1.165, 1.54) is 5.56 Å². The Morgan fingerprint density at radius 2 is 1.83 bits per heavy atom. The zero-order valence-electron chi connectivity index (χ0n) is 17.4. The van der Waals surface area contributed by atoms with E-state index in [-0.39, 0.29) is 5.60 Å². The van der Waals surface area contributed by atoms with Crippen LogP contribution in [0, 0.1) is 0 Å². The summed E-state index contributed by atoms with van der Waals surface area (Å²) in [6.45, 7) is 4.81. The second-order valence-electron chi connectivity index (χ2n) is 8.01. The number of carbonyl (C=O) groups is 1. The van der Waals surface area contributed by atoms with Gasteiger partial charge < -0.3 is 14.6 Å². The van der Waals surface area contributed by atoms with E-state index in [1.54, 1.807) is 18.2 Å². The van der Waals surface area contributed by atoms with Crippen molar-refractivity contribution in [2.45, 2.75) is 38.7 Å². The summed E-state index contributed by atoms with van der Waals surface area (Å²) in [5, 5.41) is 9.24. The van der Waals surface area contributed by atoms with Crippen LogP contribution in [0.1, 0.15) is 41.8 Å². The number of rotatable bonds is 6. The molecule has 30 heavy (non-hydrogen) atoms. The van der Waals surface area contributed by atoms with Crippen LogP contribution in [-0.4, -0.2) is 23.3 Å². The van der Waals surface area contributed by atoms with Crippen LogP contribution in [0.4, 0.5) is 0 Å². The fourth-order valence-corrected chi connectivity index (χ4v) is 4.03. The SMILES string of the molecule is CCOc1ccc(C[C@]2(C)CCc3cc(-c4cccc(C(=O)O)c4)ccc3O2)cc1. The summed E-state index contributed by atoms with van der Waals surface area (Å²) in [6.07, 6.45) is 2.68. The lowest BCUT2D eigenvalue weighted by Crippen LogP contribution is -2.38. The molecule has 1 N–H and O–H groups in total. The van der Waals surface area contributed by atoms with Gasteiger partial charge in [-0.2, -0.15) is 0 Å². The molecule has 0 radical (unpaired) electrons. The van der Waals surface area contributed by atoms with Gasteiger partial charge in [-0.25, -0.2) is 4.79 Å². The molecule has 3 aromatic carbocycles. The Morgan fingerprint density at radius 1 is 1.07 bits per heavy atom. The summed E-state index contributed by atoms with van der Waals surface area (Å²) in [5.41, 5.74) is 4.34. The van der Waals surface area contributed by atoms with Crippen LogP contribution in [0.2, 0.25) is 0 Å². The summed E-state index contributed by atoms with van der Waals surface area (Å²) in [6, 6.07) is 21.4. The van der Waals surface area contributed by atoms with Crippen LogP contribution in [0.15, 0.2) is 66.7 Å². The maximum Gasteiger partial charge on any atom is 0.335 e. The molecule has 1 aliphatic heterocycles. The first-order valence-corrected chi connectivity index (χ1v) is 10.3. The first-order chi connectivity index (χ1) is 14.5. The maximum atomic E-state index is 11.3. The van der Waals surface area contributed by atoms with Gasteiger partial charge in [0.25, 0.3) is 0 Å². The quantitative estimate of drug-likeness (QED) is 0.568. The number of carboxylic acid groups (broad SMARTS) is 1. The zero-order chi connectivity index (χ0) is 21.1. The molecule has 3 aromatic rings. The van der Waals surface area contributed by atoms with Gasteiger partial charge in [-0.1, -0.05) is 30.3 Å². The van der Waals surface area contributed by atoms with Gasteiger partial charge in [0.2, 0.25) is 0 Å². The van der Waals surface area contributed by atoms with E-state index in [9.17, 15) is 9.90 Å². The zero-order valence-corrected chi connectivity index (χ0v) is 17.4. The van der Waals surface area contributed by atoms with Crippen molar-refractivity contribution in [3.05, 3.63) is 83.4 Å². The standard InChI is InChI=1S/C26H26O4/c1-3-29-23-10-7-18(8-11-23)17-26(2)14-13-21-15-20(9-12-24(21)30-26)19-5-4-6-22(16-19)25(27)28/h4-12,15-16H,3,13-14,17H2,1-2H3,(H,27,28)/t26-/m0/s1. The number of carboxylic acids is 1. The molecule has 4 nitrogen and oxygen atoms in total. The Labute approximate surface area is 177 Å². The lowest BCUT2D eigenvalue weighted by Gasteiger charge is -2.36. The van der Waals surface area contributed by atoms with Crippen molar-refractivity contribution in [2.24, 2.45) is 0 Å². The molecule has 1 aliphatic rings. The van der Waals surface area contributed by atoms with Gasteiger partial charge in [-0.3, -0.25) is 0 Å². The van der Waals surface area contributed by atoms with Crippen molar-refractivity contribution < 1.29 is 19.4 Å². The Kier molecular flexibility index (Phi) is 5.49. The van der Waals surface area contributed by atoms with Crippen molar-refractivity contribution in [3.8, 4) is 22.6 Å². The van der Waals surface area contributed by atoms with Crippen LogP contribution in [0.3, 0.4) is 0 Å². The van der Waals surface area contributed by atoms with Crippen LogP contribution >= 0.6 is 0 Å². The first kappa shape index (κ1) is 20.0. The highest BCUT2D eigenvalue weighted by Crippen LogP contribution is 2.37. The highest BCUT2D eigenvalue weighted by molar-refractivity contribution is 5.89. The smallest absolute Gasteiger partial charge is 0.335 e. The molecule has 0 saturated heterocycles. The topological polar surface area (TPSA) is 55.8 Å². The molecular formula is C26H26O4. The molecule has 1 atom stereocenters. The Bertz CT molecular complexity index is 1050. The normalized spacial score (nSPS) is 17.7. The van der Waals surface area contributed by atoms with E-state index < -0.39 is 5.97 Å². The predicted molar refractivity (Wildman–Crippen MR) is 118 cm³/mol. The van der Waals surface area contributed by atoms with E-state index in [0.717, 1.165) is 47.5 Å². The molecule has 1 heterocycles. The van der Waals surface area contributed by atoms with Gasteiger partial charge in [0.15, 0.2) is 0 Å². The fourth-order valence-electron chi connectivity index (χ4n) is 4.03. The minimum absolute atomic E-state index is 0.259. The predicted octanol–water partition coefficient (Wildman–Crippen LogP) is 5.78.